The predicted octanol–water partition coefficient (Wildman–Crippen LogP) is 5.14. The van der Waals surface area contributed by atoms with Crippen LogP contribution < -0.4 is 16.7 Å². The molecule has 0 spiro atoms. The summed E-state index contributed by atoms with van der Waals surface area (Å²) in [7, 11) is 4.40. The molecule has 0 amide bonds. The minimum atomic E-state index is -0.833. The van der Waals surface area contributed by atoms with E-state index in [0.717, 1.165) is 23.5 Å². The first-order valence-electron chi connectivity index (χ1n) is 13.9. The molecule has 0 atom stereocenters. The molecule has 0 fully saturated rings. The molecular weight excluding hydrogens is 660 g/mol. The van der Waals surface area contributed by atoms with Gasteiger partial charge in [0.05, 0.1) is 65.9 Å². The van der Waals surface area contributed by atoms with Gasteiger partial charge in [-0.25, -0.2) is 15.0 Å². The molecule has 0 radical (unpaired) electrons. The van der Waals surface area contributed by atoms with Gasteiger partial charge in [-0.3, -0.25) is 28.8 Å². The number of aromatic nitrogens is 6. The van der Waals surface area contributed by atoms with E-state index in [2.05, 4.69) is 34.4 Å². The number of carboxylic acids is 1. The van der Waals surface area contributed by atoms with Gasteiger partial charge in [0, 0.05) is 27.8 Å². The molecule has 3 heterocycles. The molecular formula is C36H48N6O9. The van der Waals surface area contributed by atoms with Crippen LogP contribution in [0.3, 0.4) is 0 Å². The maximum Gasteiger partial charge on any atom is 0.302 e. The molecule has 0 unspecified atom stereocenters. The van der Waals surface area contributed by atoms with E-state index in [-0.39, 0.29) is 50.9 Å². The van der Waals surface area contributed by atoms with Crippen LogP contribution in [0.1, 0.15) is 43.1 Å². The number of esters is 2. The van der Waals surface area contributed by atoms with Crippen molar-refractivity contribution in [2.45, 2.75) is 43.1 Å². The Morgan fingerprint density at radius 3 is 1.22 bits per heavy atom. The number of carboxylic acid groups (broad SMARTS) is 1. The van der Waals surface area contributed by atoms with Gasteiger partial charge in [-0.2, -0.15) is 0 Å². The van der Waals surface area contributed by atoms with E-state index in [9.17, 15) is 24.0 Å². The lowest BCUT2D eigenvalue weighted by molar-refractivity contribution is -0.138. The number of benzene rings is 3. The summed E-state index contributed by atoms with van der Waals surface area (Å²) in [6.07, 6.45) is 4.35. The van der Waals surface area contributed by atoms with Crippen molar-refractivity contribution in [2.75, 3.05) is 14.2 Å². The van der Waals surface area contributed by atoms with Gasteiger partial charge in [0.25, 0.3) is 22.6 Å². The molecule has 0 aliphatic heterocycles. The summed E-state index contributed by atoms with van der Waals surface area (Å²) in [6.45, 7) is 3.81. The van der Waals surface area contributed by atoms with Gasteiger partial charge in [0.2, 0.25) is 0 Å². The fraction of sp³-hybridized carbons (Fsp3) is 0.250. The number of carbonyl (C=O) groups is 3. The number of H-pyrrole nitrogens is 2. The predicted molar refractivity (Wildman–Crippen MR) is 201 cm³/mol. The van der Waals surface area contributed by atoms with Gasteiger partial charge in [-0.15, -0.1) is 0 Å². The first-order chi connectivity index (χ1) is 22.8. The number of hydrogen-bond donors (Lipinski definition) is 3. The van der Waals surface area contributed by atoms with E-state index in [4.69, 9.17) is 9.90 Å². The summed E-state index contributed by atoms with van der Waals surface area (Å²) in [6, 6.07) is 21.8. The van der Waals surface area contributed by atoms with E-state index in [0.29, 0.717) is 16.2 Å². The number of aliphatic carboxylic acids is 1. The first kappa shape index (κ1) is 48.9. The molecule has 0 aliphatic carbocycles. The van der Waals surface area contributed by atoms with Crippen LogP contribution in [0.4, 0.5) is 0 Å². The Hall–Kier alpha value is -6.51. The zero-order chi connectivity index (χ0) is 36.1. The molecule has 0 saturated carbocycles. The lowest BCUT2D eigenvalue weighted by Crippen LogP contribution is -2.16. The van der Waals surface area contributed by atoms with Crippen molar-refractivity contribution in [1.82, 2.24) is 29.5 Å². The average Bonchev–Trinajstić information content (AvgIpc) is 3.08. The van der Waals surface area contributed by atoms with Gasteiger partial charge < -0.3 is 29.1 Å². The van der Waals surface area contributed by atoms with Crippen LogP contribution >= 0.6 is 0 Å². The Balaban J connectivity index is -0.000000562. The maximum absolute atomic E-state index is 11.5. The number of aryl methyl sites for hydroxylation is 1. The van der Waals surface area contributed by atoms with Gasteiger partial charge in [0.15, 0.2) is 0 Å². The summed E-state index contributed by atoms with van der Waals surface area (Å²) in [5.74, 6) is -1.32. The summed E-state index contributed by atoms with van der Waals surface area (Å²) >= 11 is 0. The first-order valence-corrected chi connectivity index (χ1v) is 13.9. The Bertz CT molecular complexity index is 1990. The molecule has 15 heteroatoms. The van der Waals surface area contributed by atoms with E-state index >= 15 is 0 Å². The van der Waals surface area contributed by atoms with Crippen molar-refractivity contribution in [1.29, 1.82) is 0 Å². The number of methoxy groups -OCH3 is 2. The number of ether oxygens (including phenoxy) is 2. The highest BCUT2D eigenvalue weighted by atomic mass is 16.5. The third kappa shape index (κ3) is 18.6. The van der Waals surface area contributed by atoms with E-state index in [1.165, 1.54) is 51.6 Å². The van der Waals surface area contributed by atoms with Crippen molar-refractivity contribution >= 4 is 50.6 Å². The number of fused-ring (bicyclic) bond motifs is 3. The van der Waals surface area contributed by atoms with Crippen LogP contribution in [0.15, 0.2) is 106 Å². The third-order valence-electron chi connectivity index (χ3n) is 5.50. The molecule has 3 aromatic carbocycles. The number of aromatic amines is 2. The van der Waals surface area contributed by atoms with Crippen molar-refractivity contribution in [2.24, 2.45) is 7.05 Å². The number of para-hydroxylation sites is 3. The topological polar surface area (TPSA) is 216 Å². The van der Waals surface area contributed by atoms with Crippen LogP contribution in [0.2, 0.25) is 0 Å². The molecule has 15 nitrogen and oxygen atoms in total. The minimum absolute atomic E-state index is 0. The Morgan fingerprint density at radius 1 is 0.608 bits per heavy atom. The Morgan fingerprint density at radius 2 is 0.902 bits per heavy atom. The monoisotopic (exact) mass is 708 g/mol. The fourth-order valence-electron chi connectivity index (χ4n) is 3.19. The highest BCUT2D eigenvalue weighted by molar-refractivity contribution is 5.78. The highest BCUT2D eigenvalue weighted by Crippen LogP contribution is 2.04. The zero-order valence-electron chi connectivity index (χ0n) is 27.2. The lowest BCUT2D eigenvalue weighted by atomic mass is 10.2. The van der Waals surface area contributed by atoms with E-state index < -0.39 is 5.97 Å². The highest BCUT2D eigenvalue weighted by Gasteiger charge is 1.98. The number of hydrogen-bond acceptors (Lipinski definition) is 11. The van der Waals surface area contributed by atoms with E-state index in [1.54, 1.807) is 25.2 Å². The summed E-state index contributed by atoms with van der Waals surface area (Å²) < 4.78 is 9.70. The van der Waals surface area contributed by atoms with Crippen LogP contribution in [-0.2, 0) is 30.9 Å². The SMILES string of the molecule is C.C.C.CC(=O)O.COC(C)=O.COC(C)=O.Cn1cnc2ccccc2c1=O.O=c1[nH]cnc2ccccc12.O=c1[nH]cnc2ccccc12. The van der Waals surface area contributed by atoms with Crippen LogP contribution in [-0.4, -0.2) is 66.7 Å². The minimum Gasteiger partial charge on any atom is -0.481 e. The zero-order valence-corrected chi connectivity index (χ0v) is 27.2. The van der Waals surface area contributed by atoms with Gasteiger partial charge in [-0.05, 0) is 36.4 Å². The van der Waals surface area contributed by atoms with Crippen LogP contribution in [0.5, 0.6) is 0 Å². The second-order valence-electron chi connectivity index (χ2n) is 9.09. The quantitative estimate of drug-likeness (QED) is 0.175. The van der Waals surface area contributed by atoms with Gasteiger partial charge >= 0.3 is 11.9 Å². The molecule has 276 valence electrons. The smallest absolute Gasteiger partial charge is 0.302 e. The molecule has 0 saturated heterocycles. The van der Waals surface area contributed by atoms with Gasteiger partial charge in [0.1, 0.15) is 0 Å². The standard InChI is InChI=1S/C9H8N2O.2C8H6N2O.2C3H6O2.C2H4O2.3CH4/c1-11-6-10-8-5-3-2-4-7(8)9(11)12;2*11-8-6-3-1-2-4-7(6)9-5-10-8;2*1-3(4)5-2;1-2(3)4;;;/h2-6H,1H3;2*1-5H,(H,9,10,11);2*1-2H3;1H3,(H,3,4);3*1H4. The van der Waals surface area contributed by atoms with Crippen LogP contribution in [0.25, 0.3) is 32.7 Å². The van der Waals surface area contributed by atoms with Gasteiger partial charge in [-0.1, -0.05) is 58.7 Å². The molecule has 51 heavy (non-hydrogen) atoms. The number of nitrogens with zero attached hydrogens (tertiary/aromatic N) is 4. The number of carbonyl (C=O) groups excluding carboxylic acids is 2. The molecule has 3 aromatic heterocycles. The second-order valence-corrected chi connectivity index (χ2v) is 9.09. The summed E-state index contributed by atoms with van der Waals surface area (Å²) in [4.78, 5) is 78.9. The summed E-state index contributed by atoms with van der Waals surface area (Å²) in [5, 5.41) is 9.35. The van der Waals surface area contributed by atoms with Crippen LogP contribution in [0, 0.1) is 0 Å². The Labute approximate surface area is 296 Å². The average molecular weight is 709 g/mol. The number of nitrogens with one attached hydrogen (secondary N) is 2. The lowest BCUT2D eigenvalue weighted by Gasteiger charge is -1.97. The molecule has 0 aliphatic rings. The maximum atomic E-state index is 11.5. The third-order valence-corrected chi connectivity index (χ3v) is 5.50. The summed E-state index contributed by atoms with van der Waals surface area (Å²) in [5.41, 5.74) is 2.04. The van der Waals surface area contributed by atoms with Crippen molar-refractivity contribution in [3.05, 3.63) is 123 Å². The molecule has 3 N–H and O–H groups in total. The number of rotatable bonds is 0. The van der Waals surface area contributed by atoms with E-state index in [1.807, 2.05) is 54.6 Å². The molecule has 6 rings (SSSR count). The van der Waals surface area contributed by atoms with Crippen molar-refractivity contribution in [3.8, 4) is 0 Å². The largest absolute Gasteiger partial charge is 0.481 e. The molecule has 0 bridgehead atoms. The Kier molecular flexibility index (Phi) is 25.3. The second kappa shape index (κ2) is 26.4. The fourth-order valence-corrected chi connectivity index (χ4v) is 3.19. The van der Waals surface area contributed by atoms with Crippen molar-refractivity contribution < 1.29 is 29.0 Å². The molecule has 6 aromatic rings. The van der Waals surface area contributed by atoms with Crippen molar-refractivity contribution in [3.63, 3.8) is 0 Å². The normalized spacial score (nSPS) is 8.67.